The van der Waals surface area contributed by atoms with E-state index < -0.39 is 12.2 Å². The van der Waals surface area contributed by atoms with Crippen LogP contribution in [0, 0.1) is 0 Å². The molecule has 2 unspecified atom stereocenters. The van der Waals surface area contributed by atoms with Crippen molar-refractivity contribution < 1.29 is 19.3 Å². The quantitative estimate of drug-likeness (QED) is 0.875. The lowest BCUT2D eigenvalue weighted by Gasteiger charge is -2.42. The molecule has 1 aliphatic heterocycles. The Morgan fingerprint density at radius 2 is 1.24 bits per heavy atom. The second kappa shape index (κ2) is 8.59. The predicted molar refractivity (Wildman–Crippen MR) is 96.1 cm³/mol. The molecule has 0 amide bonds. The van der Waals surface area contributed by atoms with Crippen LogP contribution in [0.3, 0.4) is 0 Å². The first-order valence-corrected chi connectivity index (χ1v) is 8.79. The lowest BCUT2D eigenvalue weighted by molar-refractivity contribution is -0.244. The highest BCUT2D eigenvalue weighted by molar-refractivity contribution is 5.14. The van der Waals surface area contributed by atoms with Gasteiger partial charge in [0.25, 0.3) is 0 Å². The fourth-order valence-corrected chi connectivity index (χ4v) is 3.18. The molecule has 5 atom stereocenters. The molecule has 4 heteroatoms. The molecule has 0 saturated carbocycles. The van der Waals surface area contributed by atoms with Crippen molar-refractivity contribution in [2.24, 2.45) is 0 Å². The summed E-state index contributed by atoms with van der Waals surface area (Å²) in [6, 6.07) is 20.0. The Morgan fingerprint density at radius 3 is 1.76 bits per heavy atom. The van der Waals surface area contributed by atoms with Crippen LogP contribution in [0.15, 0.2) is 60.7 Å². The molecule has 134 valence electrons. The number of benzene rings is 2. The van der Waals surface area contributed by atoms with Crippen molar-refractivity contribution in [1.29, 1.82) is 0 Å². The Balaban J connectivity index is 1.67. The van der Waals surface area contributed by atoms with E-state index in [9.17, 15) is 5.11 Å². The molecule has 1 N–H and O–H groups in total. The Kier molecular flexibility index (Phi) is 6.21. The third-order valence-corrected chi connectivity index (χ3v) is 4.60. The van der Waals surface area contributed by atoms with Crippen molar-refractivity contribution in [3.05, 3.63) is 71.8 Å². The summed E-state index contributed by atoms with van der Waals surface area (Å²) < 4.78 is 18.0. The van der Waals surface area contributed by atoms with E-state index in [2.05, 4.69) is 0 Å². The molecule has 2 aromatic rings. The normalized spacial score (nSPS) is 29.5. The van der Waals surface area contributed by atoms with Crippen LogP contribution in [0.25, 0.3) is 0 Å². The number of hydrogen-bond donors (Lipinski definition) is 1. The number of aliphatic hydroxyl groups excluding tert-OH is 1. The topological polar surface area (TPSA) is 47.9 Å². The highest BCUT2D eigenvalue weighted by Crippen LogP contribution is 2.27. The molecule has 1 heterocycles. The molecule has 1 fully saturated rings. The first-order valence-electron chi connectivity index (χ1n) is 8.79. The van der Waals surface area contributed by atoms with Crippen LogP contribution in [-0.4, -0.2) is 35.6 Å². The maximum Gasteiger partial charge on any atom is 0.115 e. The molecule has 0 aliphatic carbocycles. The highest BCUT2D eigenvalue weighted by atomic mass is 16.6. The number of aliphatic hydroxyl groups is 1. The van der Waals surface area contributed by atoms with Gasteiger partial charge in [-0.3, -0.25) is 0 Å². The lowest BCUT2D eigenvalue weighted by atomic mass is 9.96. The SMILES string of the molecule is CC1O[C@@H](C)C(O)[C@@H](OCc2ccccc2)[C@H]1OCc1ccccc1. The van der Waals surface area contributed by atoms with Crippen molar-refractivity contribution in [2.75, 3.05) is 0 Å². The van der Waals surface area contributed by atoms with E-state index in [1.165, 1.54) is 0 Å². The third kappa shape index (κ3) is 4.67. The van der Waals surface area contributed by atoms with Gasteiger partial charge in [-0.15, -0.1) is 0 Å². The summed E-state index contributed by atoms with van der Waals surface area (Å²) in [7, 11) is 0. The molecule has 2 aromatic carbocycles. The van der Waals surface area contributed by atoms with Crippen LogP contribution in [0.4, 0.5) is 0 Å². The second-order valence-corrected chi connectivity index (χ2v) is 6.56. The molecular weight excluding hydrogens is 316 g/mol. The average molecular weight is 342 g/mol. The van der Waals surface area contributed by atoms with E-state index in [1.54, 1.807) is 0 Å². The van der Waals surface area contributed by atoms with Crippen LogP contribution < -0.4 is 0 Å². The van der Waals surface area contributed by atoms with Crippen LogP contribution in [0.1, 0.15) is 25.0 Å². The average Bonchev–Trinajstić information content (AvgIpc) is 2.64. The molecule has 0 radical (unpaired) electrons. The Hall–Kier alpha value is -1.72. The molecule has 3 rings (SSSR count). The first kappa shape index (κ1) is 18.1. The predicted octanol–water partition coefficient (Wildman–Crippen LogP) is 3.33. The fourth-order valence-electron chi connectivity index (χ4n) is 3.18. The van der Waals surface area contributed by atoms with Crippen molar-refractivity contribution in [2.45, 2.75) is 57.6 Å². The van der Waals surface area contributed by atoms with Crippen LogP contribution in [0.2, 0.25) is 0 Å². The molecule has 1 saturated heterocycles. The molecule has 0 bridgehead atoms. The second-order valence-electron chi connectivity index (χ2n) is 6.56. The Bertz CT molecular complexity index is 631. The standard InChI is InChI=1S/C21H26O4/c1-15-19(22)21(24-14-18-11-7-4-8-12-18)20(16(2)25-15)23-13-17-9-5-3-6-10-17/h3-12,15-16,19-22H,13-14H2,1-2H3/t15-,16?,19?,20-,21+/m0/s1. The molecular formula is C21H26O4. The van der Waals surface area contributed by atoms with Crippen molar-refractivity contribution in [3.63, 3.8) is 0 Å². The number of rotatable bonds is 6. The van der Waals surface area contributed by atoms with E-state index in [1.807, 2.05) is 74.5 Å². The maximum atomic E-state index is 10.6. The van der Waals surface area contributed by atoms with Crippen LogP contribution in [0.5, 0.6) is 0 Å². The van der Waals surface area contributed by atoms with Gasteiger partial charge in [-0.05, 0) is 25.0 Å². The zero-order valence-corrected chi connectivity index (χ0v) is 14.7. The summed E-state index contributed by atoms with van der Waals surface area (Å²) in [4.78, 5) is 0. The van der Waals surface area contributed by atoms with E-state index in [4.69, 9.17) is 14.2 Å². The Labute approximate surface area is 149 Å². The first-order chi connectivity index (χ1) is 12.1. The van der Waals surface area contributed by atoms with Gasteiger partial charge in [0, 0.05) is 0 Å². The summed E-state index contributed by atoms with van der Waals surface area (Å²) in [5.74, 6) is 0. The molecule has 1 aliphatic rings. The van der Waals surface area contributed by atoms with Gasteiger partial charge in [0.05, 0.1) is 25.4 Å². The monoisotopic (exact) mass is 342 g/mol. The van der Waals surface area contributed by atoms with Crippen LogP contribution >= 0.6 is 0 Å². The summed E-state index contributed by atoms with van der Waals surface area (Å²) in [6.07, 6.45) is -1.91. The minimum atomic E-state index is -0.722. The summed E-state index contributed by atoms with van der Waals surface area (Å²) in [5.41, 5.74) is 2.16. The minimum Gasteiger partial charge on any atom is -0.388 e. The van der Waals surface area contributed by atoms with E-state index in [0.717, 1.165) is 11.1 Å². The van der Waals surface area contributed by atoms with Crippen LogP contribution in [-0.2, 0) is 27.4 Å². The summed E-state index contributed by atoms with van der Waals surface area (Å²) >= 11 is 0. The molecule has 0 spiro atoms. The number of ether oxygens (including phenoxy) is 3. The fraction of sp³-hybridized carbons (Fsp3) is 0.429. The van der Waals surface area contributed by atoms with Gasteiger partial charge in [-0.1, -0.05) is 60.7 Å². The lowest BCUT2D eigenvalue weighted by Crippen LogP contribution is -2.57. The number of hydrogen-bond acceptors (Lipinski definition) is 4. The van der Waals surface area contributed by atoms with Gasteiger partial charge in [-0.2, -0.15) is 0 Å². The van der Waals surface area contributed by atoms with Gasteiger partial charge < -0.3 is 19.3 Å². The van der Waals surface area contributed by atoms with Gasteiger partial charge >= 0.3 is 0 Å². The maximum absolute atomic E-state index is 10.6. The van der Waals surface area contributed by atoms with Crippen molar-refractivity contribution >= 4 is 0 Å². The van der Waals surface area contributed by atoms with E-state index >= 15 is 0 Å². The Morgan fingerprint density at radius 1 is 0.760 bits per heavy atom. The largest absolute Gasteiger partial charge is 0.388 e. The molecule has 25 heavy (non-hydrogen) atoms. The van der Waals surface area contributed by atoms with Crippen molar-refractivity contribution in [1.82, 2.24) is 0 Å². The minimum absolute atomic E-state index is 0.150. The summed E-state index contributed by atoms with van der Waals surface area (Å²) in [6.45, 7) is 4.74. The smallest absolute Gasteiger partial charge is 0.115 e. The van der Waals surface area contributed by atoms with Gasteiger partial charge in [0.15, 0.2) is 0 Å². The van der Waals surface area contributed by atoms with Gasteiger partial charge in [0.1, 0.15) is 18.3 Å². The molecule has 0 aromatic heterocycles. The van der Waals surface area contributed by atoms with E-state index in [-0.39, 0.29) is 18.3 Å². The highest BCUT2D eigenvalue weighted by Gasteiger charge is 2.43. The summed E-state index contributed by atoms with van der Waals surface area (Å²) in [5, 5.41) is 10.6. The molecule has 4 nitrogen and oxygen atoms in total. The zero-order valence-electron chi connectivity index (χ0n) is 14.7. The van der Waals surface area contributed by atoms with Gasteiger partial charge in [0.2, 0.25) is 0 Å². The third-order valence-electron chi connectivity index (χ3n) is 4.60. The zero-order chi connectivity index (χ0) is 17.6. The van der Waals surface area contributed by atoms with E-state index in [0.29, 0.717) is 13.2 Å². The van der Waals surface area contributed by atoms with Crippen molar-refractivity contribution in [3.8, 4) is 0 Å². The van der Waals surface area contributed by atoms with Gasteiger partial charge in [-0.25, -0.2) is 0 Å².